The molecule has 2 rings (SSSR count). The highest BCUT2D eigenvalue weighted by Gasteiger charge is 2.36. The maximum Gasteiger partial charge on any atom is 0.00501 e. The van der Waals surface area contributed by atoms with Crippen molar-refractivity contribution in [1.29, 1.82) is 0 Å². The molecule has 0 aromatic carbocycles. The van der Waals surface area contributed by atoms with E-state index in [-0.39, 0.29) is 0 Å². The van der Waals surface area contributed by atoms with Crippen LogP contribution in [0.4, 0.5) is 0 Å². The van der Waals surface area contributed by atoms with Crippen molar-refractivity contribution in [1.82, 2.24) is 4.90 Å². The lowest BCUT2D eigenvalue weighted by Crippen LogP contribution is -2.48. The SMILES string of the molecule is CC1CCC(CN)(CN2CCC(C(C)(C)C)CC2)CC1. The first kappa shape index (κ1) is 16.3. The fraction of sp³-hybridized carbons (Fsp3) is 1.00. The summed E-state index contributed by atoms with van der Waals surface area (Å²) in [6.07, 6.45) is 8.22. The number of hydrogen-bond donors (Lipinski definition) is 1. The Morgan fingerprint density at radius 3 is 2.05 bits per heavy atom. The van der Waals surface area contributed by atoms with E-state index in [0.29, 0.717) is 10.8 Å². The standard InChI is InChI=1S/C18H36N2/c1-15-5-9-18(13-19,10-6-15)14-20-11-7-16(8-12-20)17(2,3)4/h15-16H,5-14,19H2,1-4H3. The van der Waals surface area contributed by atoms with Gasteiger partial charge in [-0.25, -0.2) is 0 Å². The smallest absolute Gasteiger partial charge is 0.00501 e. The van der Waals surface area contributed by atoms with Crippen molar-refractivity contribution in [3.05, 3.63) is 0 Å². The van der Waals surface area contributed by atoms with Crippen molar-refractivity contribution in [3.8, 4) is 0 Å². The van der Waals surface area contributed by atoms with Gasteiger partial charge in [0.1, 0.15) is 0 Å². The Morgan fingerprint density at radius 1 is 1.05 bits per heavy atom. The second kappa shape index (κ2) is 6.36. The van der Waals surface area contributed by atoms with Gasteiger partial charge in [-0.2, -0.15) is 0 Å². The highest BCUT2D eigenvalue weighted by atomic mass is 15.1. The maximum absolute atomic E-state index is 6.17. The van der Waals surface area contributed by atoms with Crippen LogP contribution in [0, 0.1) is 22.7 Å². The van der Waals surface area contributed by atoms with Gasteiger partial charge in [-0.05, 0) is 68.0 Å². The van der Waals surface area contributed by atoms with Crippen LogP contribution in [-0.2, 0) is 0 Å². The van der Waals surface area contributed by atoms with E-state index in [1.807, 2.05) is 0 Å². The third-order valence-corrected chi connectivity index (χ3v) is 6.14. The normalized spacial score (nSPS) is 34.4. The zero-order valence-corrected chi connectivity index (χ0v) is 14.3. The molecule has 2 fully saturated rings. The summed E-state index contributed by atoms with van der Waals surface area (Å²) in [6, 6.07) is 0. The van der Waals surface area contributed by atoms with Crippen LogP contribution in [0.15, 0.2) is 0 Å². The molecular formula is C18H36N2. The molecule has 2 nitrogen and oxygen atoms in total. The van der Waals surface area contributed by atoms with Crippen molar-refractivity contribution in [2.75, 3.05) is 26.2 Å². The number of nitrogens with zero attached hydrogens (tertiary/aromatic N) is 1. The Bertz CT molecular complexity index is 289. The number of likely N-dealkylation sites (tertiary alicyclic amines) is 1. The monoisotopic (exact) mass is 280 g/mol. The molecule has 0 spiro atoms. The summed E-state index contributed by atoms with van der Waals surface area (Å²) >= 11 is 0. The average Bonchev–Trinajstić information content (AvgIpc) is 2.41. The van der Waals surface area contributed by atoms with Crippen LogP contribution < -0.4 is 5.73 Å². The van der Waals surface area contributed by atoms with E-state index < -0.39 is 0 Å². The van der Waals surface area contributed by atoms with Crippen LogP contribution in [0.3, 0.4) is 0 Å². The van der Waals surface area contributed by atoms with Crippen molar-refractivity contribution in [2.24, 2.45) is 28.4 Å². The van der Waals surface area contributed by atoms with E-state index in [9.17, 15) is 0 Å². The first-order valence-corrected chi connectivity index (χ1v) is 8.77. The molecule has 0 unspecified atom stereocenters. The highest BCUT2D eigenvalue weighted by molar-refractivity contribution is 4.90. The van der Waals surface area contributed by atoms with Crippen LogP contribution in [0.1, 0.15) is 66.2 Å². The van der Waals surface area contributed by atoms with Crippen LogP contribution in [-0.4, -0.2) is 31.1 Å². The van der Waals surface area contributed by atoms with Gasteiger partial charge < -0.3 is 10.6 Å². The van der Waals surface area contributed by atoms with E-state index in [2.05, 4.69) is 32.6 Å². The van der Waals surface area contributed by atoms with Crippen molar-refractivity contribution in [3.63, 3.8) is 0 Å². The lowest BCUT2D eigenvalue weighted by atomic mass is 9.70. The number of hydrogen-bond acceptors (Lipinski definition) is 2. The summed E-state index contributed by atoms with van der Waals surface area (Å²) < 4.78 is 0. The molecule has 1 aliphatic carbocycles. The molecule has 0 atom stereocenters. The third-order valence-electron chi connectivity index (χ3n) is 6.14. The molecule has 0 aromatic rings. The van der Waals surface area contributed by atoms with Gasteiger partial charge >= 0.3 is 0 Å². The fourth-order valence-corrected chi connectivity index (χ4v) is 4.23. The molecule has 0 amide bonds. The maximum atomic E-state index is 6.17. The molecule has 0 aromatic heterocycles. The molecule has 1 aliphatic heterocycles. The van der Waals surface area contributed by atoms with E-state index >= 15 is 0 Å². The Kier molecular flexibility index (Phi) is 5.18. The third kappa shape index (κ3) is 3.98. The summed E-state index contributed by atoms with van der Waals surface area (Å²) in [7, 11) is 0. The van der Waals surface area contributed by atoms with Gasteiger partial charge in [0.2, 0.25) is 0 Å². The van der Waals surface area contributed by atoms with Gasteiger partial charge in [0.25, 0.3) is 0 Å². The van der Waals surface area contributed by atoms with E-state index in [4.69, 9.17) is 5.73 Å². The topological polar surface area (TPSA) is 29.3 Å². The zero-order chi connectivity index (χ0) is 14.8. The minimum Gasteiger partial charge on any atom is -0.330 e. The molecule has 1 saturated heterocycles. The Hall–Kier alpha value is -0.0800. The van der Waals surface area contributed by atoms with Gasteiger partial charge in [0.15, 0.2) is 0 Å². The zero-order valence-electron chi connectivity index (χ0n) is 14.3. The largest absolute Gasteiger partial charge is 0.330 e. The molecule has 2 heteroatoms. The molecule has 118 valence electrons. The summed E-state index contributed by atoms with van der Waals surface area (Å²) in [5.74, 6) is 1.82. The Balaban J connectivity index is 1.85. The molecule has 1 heterocycles. The van der Waals surface area contributed by atoms with Crippen molar-refractivity contribution < 1.29 is 0 Å². The molecule has 0 radical (unpaired) electrons. The molecule has 2 N–H and O–H groups in total. The summed E-state index contributed by atoms with van der Waals surface area (Å²) in [6.45, 7) is 14.3. The summed E-state index contributed by atoms with van der Waals surface area (Å²) in [5, 5.41) is 0. The van der Waals surface area contributed by atoms with E-state index in [0.717, 1.165) is 18.4 Å². The van der Waals surface area contributed by atoms with Gasteiger partial charge in [-0.15, -0.1) is 0 Å². The first-order chi connectivity index (χ1) is 9.35. The minimum absolute atomic E-state index is 0.432. The van der Waals surface area contributed by atoms with Gasteiger partial charge in [0.05, 0.1) is 0 Å². The lowest BCUT2D eigenvalue weighted by molar-refractivity contribution is 0.0525. The summed E-state index contributed by atoms with van der Waals surface area (Å²) in [4.78, 5) is 2.71. The molecular weight excluding hydrogens is 244 g/mol. The average molecular weight is 281 g/mol. The van der Waals surface area contributed by atoms with E-state index in [1.54, 1.807) is 0 Å². The van der Waals surface area contributed by atoms with Crippen molar-refractivity contribution in [2.45, 2.75) is 66.2 Å². The lowest BCUT2D eigenvalue weighted by Gasteiger charge is -2.45. The second-order valence-corrected chi connectivity index (χ2v) is 8.80. The number of nitrogens with two attached hydrogens (primary N) is 1. The van der Waals surface area contributed by atoms with Gasteiger partial charge in [-0.1, -0.05) is 40.5 Å². The highest BCUT2D eigenvalue weighted by Crippen LogP contribution is 2.40. The van der Waals surface area contributed by atoms with Crippen LogP contribution >= 0.6 is 0 Å². The van der Waals surface area contributed by atoms with E-state index in [1.165, 1.54) is 58.2 Å². The first-order valence-electron chi connectivity index (χ1n) is 8.77. The van der Waals surface area contributed by atoms with Crippen LogP contribution in [0.2, 0.25) is 0 Å². The molecule has 1 saturated carbocycles. The number of rotatable bonds is 3. The quantitative estimate of drug-likeness (QED) is 0.849. The molecule has 20 heavy (non-hydrogen) atoms. The van der Waals surface area contributed by atoms with Crippen LogP contribution in [0.5, 0.6) is 0 Å². The summed E-state index contributed by atoms with van der Waals surface area (Å²) in [5.41, 5.74) is 7.09. The van der Waals surface area contributed by atoms with Crippen LogP contribution in [0.25, 0.3) is 0 Å². The predicted octanol–water partition coefficient (Wildman–Crippen LogP) is 3.90. The fourth-order valence-electron chi connectivity index (χ4n) is 4.23. The van der Waals surface area contributed by atoms with Crippen molar-refractivity contribution >= 4 is 0 Å². The Morgan fingerprint density at radius 2 is 1.60 bits per heavy atom. The van der Waals surface area contributed by atoms with Gasteiger partial charge in [-0.3, -0.25) is 0 Å². The molecule has 2 aliphatic rings. The Labute approximate surface area is 126 Å². The predicted molar refractivity (Wildman–Crippen MR) is 87.7 cm³/mol. The minimum atomic E-state index is 0.432. The van der Waals surface area contributed by atoms with Gasteiger partial charge in [0, 0.05) is 6.54 Å². The second-order valence-electron chi connectivity index (χ2n) is 8.80. The molecule has 0 bridgehead atoms. The number of piperidine rings is 1.